The molecule has 108 valence electrons. The largest absolute Gasteiger partial charge is 0.399 e. The van der Waals surface area contributed by atoms with Crippen molar-refractivity contribution >= 4 is 39.7 Å². The Hall–Kier alpha value is -1.04. The lowest BCUT2D eigenvalue weighted by atomic mass is 10.3. The van der Waals surface area contributed by atoms with Crippen molar-refractivity contribution in [3.8, 4) is 0 Å². The normalized spacial score (nSPS) is 12.6. The average Bonchev–Trinajstić information content (AvgIpc) is 2.66. The molecule has 0 spiro atoms. The number of rotatable bonds is 4. The lowest BCUT2D eigenvalue weighted by Crippen LogP contribution is -2.07. The van der Waals surface area contributed by atoms with Crippen molar-refractivity contribution in [3.63, 3.8) is 0 Å². The maximum absolute atomic E-state index is 12.5. The highest BCUT2D eigenvalue weighted by Gasteiger charge is 2.17. The molecule has 2 rings (SSSR count). The van der Waals surface area contributed by atoms with Gasteiger partial charge < -0.3 is 5.73 Å². The summed E-state index contributed by atoms with van der Waals surface area (Å²) in [5, 5.41) is 5.27. The summed E-state index contributed by atoms with van der Waals surface area (Å²) in [6.07, 6.45) is 0. The first-order valence-electron chi connectivity index (χ1n) is 6.09. The fourth-order valence-corrected chi connectivity index (χ4v) is 3.83. The second-order valence-electron chi connectivity index (χ2n) is 4.34. The van der Waals surface area contributed by atoms with Crippen LogP contribution in [0, 0.1) is 6.92 Å². The van der Waals surface area contributed by atoms with Gasteiger partial charge in [0.2, 0.25) is 0 Å². The molecule has 20 heavy (non-hydrogen) atoms. The summed E-state index contributed by atoms with van der Waals surface area (Å²) in [6, 6.07) is 4.96. The van der Waals surface area contributed by atoms with Gasteiger partial charge in [-0.3, -0.25) is 8.89 Å². The Morgan fingerprint density at radius 3 is 2.70 bits per heavy atom. The molecule has 0 fully saturated rings. The molecule has 0 aliphatic heterocycles. The molecule has 0 bridgehead atoms. The average molecular weight is 332 g/mol. The summed E-state index contributed by atoms with van der Waals surface area (Å²) in [6.45, 7) is 4.47. The molecule has 1 heterocycles. The van der Waals surface area contributed by atoms with E-state index < -0.39 is 10.8 Å². The molecule has 2 N–H and O–H groups in total. The van der Waals surface area contributed by atoms with E-state index in [2.05, 4.69) is 5.10 Å². The SMILES string of the molecule is CCn1nc(C)c(Cl)c1CS(=O)c1ccc(N)cc1Cl. The third kappa shape index (κ3) is 3.00. The minimum absolute atomic E-state index is 0.275. The van der Waals surface area contributed by atoms with Crippen LogP contribution in [0.2, 0.25) is 10.0 Å². The number of aryl methyl sites for hydroxylation is 2. The zero-order chi connectivity index (χ0) is 14.9. The zero-order valence-electron chi connectivity index (χ0n) is 11.2. The summed E-state index contributed by atoms with van der Waals surface area (Å²) < 4.78 is 14.2. The molecule has 0 aliphatic rings. The molecule has 0 amide bonds. The van der Waals surface area contributed by atoms with E-state index >= 15 is 0 Å². The van der Waals surface area contributed by atoms with E-state index in [4.69, 9.17) is 28.9 Å². The number of aromatic nitrogens is 2. The third-order valence-corrected chi connectivity index (χ3v) is 5.22. The van der Waals surface area contributed by atoms with Gasteiger partial charge in [-0.25, -0.2) is 0 Å². The first kappa shape index (κ1) is 15.4. The van der Waals surface area contributed by atoms with Gasteiger partial charge in [0.25, 0.3) is 0 Å². The molecule has 0 aliphatic carbocycles. The van der Waals surface area contributed by atoms with E-state index in [1.165, 1.54) is 0 Å². The number of anilines is 1. The Balaban J connectivity index is 2.32. The van der Waals surface area contributed by atoms with Crippen LogP contribution in [0.5, 0.6) is 0 Å². The Morgan fingerprint density at radius 2 is 2.10 bits per heavy atom. The molecular formula is C13H15Cl2N3OS. The molecule has 1 unspecified atom stereocenters. The summed E-state index contributed by atoms with van der Waals surface area (Å²) in [5.74, 6) is 0.275. The minimum Gasteiger partial charge on any atom is -0.399 e. The van der Waals surface area contributed by atoms with Gasteiger partial charge in [0.15, 0.2) is 0 Å². The number of hydrogen-bond acceptors (Lipinski definition) is 3. The first-order chi connectivity index (χ1) is 9.43. The van der Waals surface area contributed by atoms with Gasteiger partial charge in [0.05, 0.1) is 42.9 Å². The highest BCUT2D eigenvalue weighted by Crippen LogP contribution is 2.27. The van der Waals surface area contributed by atoms with Crippen LogP contribution in [0.3, 0.4) is 0 Å². The fraction of sp³-hybridized carbons (Fsp3) is 0.308. The second-order valence-corrected chi connectivity index (χ2v) is 6.55. The summed E-state index contributed by atoms with van der Waals surface area (Å²) in [7, 11) is -1.30. The highest BCUT2D eigenvalue weighted by molar-refractivity contribution is 7.84. The van der Waals surface area contributed by atoms with Crippen LogP contribution >= 0.6 is 23.2 Å². The highest BCUT2D eigenvalue weighted by atomic mass is 35.5. The number of benzene rings is 1. The van der Waals surface area contributed by atoms with Crippen molar-refractivity contribution in [1.29, 1.82) is 0 Å². The van der Waals surface area contributed by atoms with E-state index in [1.54, 1.807) is 22.9 Å². The van der Waals surface area contributed by atoms with Crippen molar-refractivity contribution in [1.82, 2.24) is 9.78 Å². The van der Waals surface area contributed by atoms with Crippen LogP contribution in [-0.2, 0) is 23.1 Å². The number of nitrogens with zero attached hydrogens (tertiary/aromatic N) is 2. The Labute approximate surface area is 130 Å². The third-order valence-electron chi connectivity index (χ3n) is 2.92. The van der Waals surface area contributed by atoms with Crippen molar-refractivity contribution in [3.05, 3.63) is 39.6 Å². The molecule has 0 saturated heterocycles. The van der Waals surface area contributed by atoms with Crippen molar-refractivity contribution in [2.75, 3.05) is 5.73 Å². The molecule has 1 atom stereocenters. The number of halogens is 2. The van der Waals surface area contributed by atoms with Gasteiger partial charge in [-0.2, -0.15) is 5.10 Å². The zero-order valence-corrected chi connectivity index (χ0v) is 13.5. The molecule has 4 nitrogen and oxygen atoms in total. The maximum Gasteiger partial charge on any atom is 0.0856 e. The first-order valence-corrected chi connectivity index (χ1v) is 8.16. The molecular weight excluding hydrogens is 317 g/mol. The number of nitrogens with two attached hydrogens (primary N) is 1. The van der Waals surface area contributed by atoms with Gasteiger partial charge in [0, 0.05) is 12.2 Å². The molecule has 1 aromatic carbocycles. The standard InChI is InChI=1S/C13H15Cl2N3OS/c1-3-18-11(13(15)8(2)17-18)7-20(19)12-5-4-9(16)6-10(12)14/h4-6H,3,7,16H2,1-2H3. The summed E-state index contributed by atoms with van der Waals surface area (Å²) >= 11 is 12.3. The van der Waals surface area contributed by atoms with Crippen LogP contribution in [0.25, 0.3) is 0 Å². The van der Waals surface area contributed by atoms with E-state index in [9.17, 15) is 4.21 Å². The smallest absolute Gasteiger partial charge is 0.0856 e. The van der Waals surface area contributed by atoms with Crippen LogP contribution in [-0.4, -0.2) is 14.0 Å². The molecule has 2 aromatic rings. The summed E-state index contributed by atoms with van der Waals surface area (Å²) in [5.41, 5.74) is 7.68. The van der Waals surface area contributed by atoms with Crippen LogP contribution in [0.1, 0.15) is 18.3 Å². The Kier molecular flexibility index (Phi) is 4.73. The Bertz CT molecular complexity index is 670. The second kappa shape index (κ2) is 6.16. The van der Waals surface area contributed by atoms with Crippen LogP contribution < -0.4 is 5.73 Å². The number of nitrogen functional groups attached to an aromatic ring is 1. The van der Waals surface area contributed by atoms with Crippen molar-refractivity contribution in [2.45, 2.75) is 31.0 Å². The van der Waals surface area contributed by atoms with Gasteiger partial charge in [-0.1, -0.05) is 23.2 Å². The van der Waals surface area contributed by atoms with Gasteiger partial charge in [-0.15, -0.1) is 0 Å². The van der Waals surface area contributed by atoms with E-state index in [1.807, 2.05) is 13.8 Å². The number of hydrogen-bond donors (Lipinski definition) is 1. The fourth-order valence-electron chi connectivity index (χ4n) is 1.91. The monoisotopic (exact) mass is 331 g/mol. The molecule has 1 aromatic heterocycles. The summed E-state index contributed by atoms with van der Waals surface area (Å²) in [4.78, 5) is 0.554. The molecule has 0 saturated carbocycles. The van der Waals surface area contributed by atoms with E-state index in [0.717, 1.165) is 11.4 Å². The predicted molar refractivity (Wildman–Crippen MR) is 83.6 cm³/mol. The van der Waals surface area contributed by atoms with Crippen molar-refractivity contribution < 1.29 is 4.21 Å². The van der Waals surface area contributed by atoms with Gasteiger partial charge >= 0.3 is 0 Å². The van der Waals surface area contributed by atoms with Crippen LogP contribution in [0.4, 0.5) is 5.69 Å². The van der Waals surface area contributed by atoms with E-state index in [-0.39, 0.29) is 5.75 Å². The lowest BCUT2D eigenvalue weighted by Gasteiger charge is -2.07. The lowest BCUT2D eigenvalue weighted by molar-refractivity contribution is 0.627. The van der Waals surface area contributed by atoms with Gasteiger partial charge in [0.1, 0.15) is 0 Å². The Morgan fingerprint density at radius 1 is 1.40 bits per heavy atom. The molecule has 7 heteroatoms. The molecule has 0 radical (unpaired) electrons. The van der Waals surface area contributed by atoms with Crippen LogP contribution in [0.15, 0.2) is 23.1 Å². The van der Waals surface area contributed by atoms with E-state index in [0.29, 0.717) is 27.2 Å². The van der Waals surface area contributed by atoms with Crippen molar-refractivity contribution in [2.24, 2.45) is 0 Å². The minimum atomic E-state index is -1.30. The maximum atomic E-state index is 12.5. The van der Waals surface area contributed by atoms with Gasteiger partial charge in [-0.05, 0) is 32.0 Å². The predicted octanol–water partition coefficient (Wildman–Crippen LogP) is 3.41. The quantitative estimate of drug-likeness (QED) is 0.873. The topological polar surface area (TPSA) is 60.9 Å².